The van der Waals surface area contributed by atoms with Gasteiger partial charge in [-0.25, -0.2) is 4.98 Å². The van der Waals surface area contributed by atoms with Gasteiger partial charge in [-0.3, -0.25) is 14.2 Å². The zero-order valence-corrected chi connectivity index (χ0v) is 10.6. The van der Waals surface area contributed by atoms with E-state index in [0.717, 1.165) is 0 Å². The van der Waals surface area contributed by atoms with E-state index in [4.69, 9.17) is 11.6 Å². The van der Waals surface area contributed by atoms with Crippen LogP contribution in [0.3, 0.4) is 0 Å². The van der Waals surface area contributed by atoms with Crippen molar-refractivity contribution in [1.82, 2.24) is 14.4 Å². The summed E-state index contributed by atoms with van der Waals surface area (Å²) in [6, 6.07) is 3.41. The molecule has 5 nitrogen and oxygen atoms in total. The first-order valence-electron chi connectivity index (χ1n) is 5.08. The van der Waals surface area contributed by atoms with E-state index < -0.39 is 0 Å². The Morgan fingerprint density at radius 2 is 2.17 bits per heavy atom. The van der Waals surface area contributed by atoms with Crippen LogP contribution in [0.1, 0.15) is 10.5 Å². The van der Waals surface area contributed by atoms with Gasteiger partial charge >= 0.3 is 0 Å². The zero-order valence-electron chi connectivity index (χ0n) is 9.00. The minimum absolute atomic E-state index is 0.202. The maximum atomic E-state index is 12.1. The van der Waals surface area contributed by atoms with Crippen LogP contribution in [0.4, 0.5) is 5.69 Å². The van der Waals surface area contributed by atoms with Crippen molar-refractivity contribution >= 4 is 39.5 Å². The fraction of sp³-hybridized carbons (Fsp3) is 0. The Kier molecular flexibility index (Phi) is 2.73. The number of carbonyl (C=O) groups is 1. The average Bonchev–Trinajstić information content (AvgIpc) is 2.89. The van der Waals surface area contributed by atoms with Crippen LogP contribution in [-0.4, -0.2) is 20.3 Å². The van der Waals surface area contributed by atoms with Gasteiger partial charge < -0.3 is 5.32 Å². The molecular weight excluding hydrogens is 272 g/mol. The number of amides is 1. The smallest absolute Gasteiger partial charge is 0.275 e. The third-order valence-corrected chi connectivity index (χ3v) is 3.39. The molecule has 0 aliphatic heterocycles. The number of halogens is 1. The van der Waals surface area contributed by atoms with E-state index in [1.54, 1.807) is 35.1 Å². The predicted molar refractivity (Wildman–Crippen MR) is 70.3 cm³/mol. The molecule has 3 aromatic rings. The third-order valence-electron chi connectivity index (χ3n) is 2.37. The summed E-state index contributed by atoms with van der Waals surface area (Å²) in [4.78, 5) is 20.8. The molecule has 0 atom stereocenters. The SMILES string of the molecule is O=C(Nc1ccncc1)c1c(Cl)nc2sccn12. The van der Waals surface area contributed by atoms with Gasteiger partial charge in [0.05, 0.1) is 0 Å². The molecule has 3 aromatic heterocycles. The van der Waals surface area contributed by atoms with E-state index >= 15 is 0 Å². The number of hydrogen-bond acceptors (Lipinski definition) is 4. The molecule has 0 spiro atoms. The Morgan fingerprint density at radius 1 is 1.39 bits per heavy atom. The lowest BCUT2D eigenvalue weighted by atomic mass is 10.3. The molecule has 0 fully saturated rings. The summed E-state index contributed by atoms with van der Waals surface area (Å²) in [6.07, 6.45) is 4.97. The molecule has 7 heteroatoms. The van der Waals surface area contributed by atoms with E-state index in [-0.39, 0.29) is 11.1 Å². The highest BCUT2D eigenvalue weighted by molar-refractivity contribution is 7.15. The largest absolute Gasteiger partial charge is 0.320 e. The molecule has 18 heavy (non-hydrogen) atoms. The number of thiazole rings is 1. The summed E-state index contributed by atoms with van der Waals surface area (Å²) < 4.78 is 1.67. The Bertz CT molecular complexity index is 706. The highest BCUT2D eigenvalue weighted by Gasteiger charge is 2.18. The summed E-state index contributed by atoms with van der Waals surface area (Å²) in [6.45, 7) is 0. The molecule has 1 amide bonds. The van der Waals surface area contributed by atoms with Crippen LogP contribution in [0.15, 0.2) is 36.1 Å². The van der Waals surface area contributed by atoms with E-state index in [9.17, 15) is 4.79 Å². The number of carbonyl (C=O) groups excluding carboxylic acids is 1. The second-order valence-electron chi connectivity index (χ2n) is 3.50. The maximum Gasteiger partial charge on any atom is 0.275 e. The quantitative estimate of drug-likeness (QED) is 0.784. The van der Waals surface area contributed by atoms with E-state index in [0.29, 0.717) is 16.3 Å². The Morgan fingerprint density at radius 3 is 2.94 bits per heavy atom. The van der Waals surface area contributed by atoms with Crippen molar-refractivity contribution in [3.63, 3.8) is 0 Å². The number of nitrogens with zero attached hydrogens (tertiary/aromatic N) is 3. The number of pyridine rings is 1. The molecule has 0 unspecified atom stereocenters. The molecule has 1 N–H and O–H groups in total. The number of nitrogens with one attached hydrogen (secondary N) is 1. The third kappa shape index (κ3) is 1.85. The molecule has 3 rings (SSSR count). The van der Waals surface area contributed by atoms with Crippen LogP contribution in [0.5, 0.6) is 0 Å². The maximum absolute atomic E-state index is 12.1. The first-order chi connectivity index (χ1) is 8.75. The number of fused-ring (bicyclic) bond motifs is 1. The zero-order chi connectivity index (χ0) is 12.5. The molecule has 0 saturated heterocycles. The van der Waals surface area contributed by atoms with Crippen molar-refractivity contribution in [2.75, 3.05) is 5.32 Å². The van der Waals surface area contributed by atoms with Crippen LogP contribution >= 0.6 is 22.9 Å². The van der Waals surface area contributed by atoms with Gasteiger partial charge in [0.25, 0.3) is 5.91 Å². The second-order valence-corrected chi connectivity index (χ2v) is 4.73. The lowest BCUT2D eigenvalue weighted by Crippen LogP contribution is -2.14. The first kappa shape index (κ1) is 11.2. The van der Waals surface area contributed by atoms with Crippen LogP contribution in [0, 0.1) is 0 Å². The molecule has 0 aliphatic rings. The normalized spacial score (nSPS) is 10.7. The molecule has 0 bridgehead atoms. The van der Waals surface area contributed by atoms with Gasteiger partial charge in [-0.1, -0.05) is 11.6 Å². The number of imidazole rings is 1. The average molecular weight is 279 g/mol. The fourth-order valence-electron chi connectivity index (χ4n) is 1.59. The number of rotatable bonds is 2. The summed E-state index contributed by atoms with van der Waals surface area (Å²) in [5.41, 5.74) is 1.00. The van der Waals surface area contributed by atoms with E-state index in [2.05, 4.69) is 15.3 Å². The van der Waals surface area contributed by atoms with Crippen molar-refractivity contribution in [2.24, 2.45) is 0 Å². The molecule has 0 aliphatic carbocycles. The highest BCUT2D eigenvalue weighted by Crippen LogP contribution is 2.22. The monoisotopic (exact) mass is 278 g/mol. The van der Waals surface area contributed by atoms with Gasteiger partial charge in [0.1, 0.15) is 0 Å². The number of aromatic nitrogens is 3. The number of hydrogen-bond donors (Lipinski definition) is 1. The van der Waals surface area contributed by atoms with Crippen LogP contribution < -0.4 is 5.32 Å². The Labute approximate surface area is 111 Å². The summed E-state index contributed by atoms with van der Waals surface area (Å²) in [5.74, 6) is -0.294. The van der Waals surface area contributed by atoms with Crippen molar-refractivity contribution in [3.8, 4) is 0 Å². The Hall–Kier alpha value is -1.92. The van der Waals surface area contributed by atoms with Gasteiger partial charge in [0.2, 0.25) is 0 Å². The fourth-order valence-corrected chi connectivity index (χ4v) is 2.61. The van der Waals surface area contributed by atoms with Gasteiger partial charge in [0, 0.05) is 29.7 Å². The molecule has 90 valence electrons. The molecule has 3 heterocycles. The summed E-state index contributed by atoms with van der Waals surface area (Å²) in [7, 11) is 0. The van der Waals surface area contributed by atoms with Crippen molar-refractivity contribution in [1.29, 1.82) is 0 Å². The highest BCUT2D eigenvalue weighted by atomic mass is 35.5. The minimum Gasteiger partial charge on any atom is -0.320 e. The lowest BCUT2D eigenvalue weighted by molar-refractivity contribution is 0.102. The van der Waals surface area contributed by atoms with Crippen LogP contribution in [-0.2, 0) is 0 Å². The molecule has 0 radical (unpaired) electrons. The number of anilines is 1. The van der Waals surface area contributed by atoms with Gasteiger partial charge in [0.15, 0.2) is 15.8 Å². The lowest BCUT2D eigenvalue weighted by Gasteiger charge is -2.03. The topological polar surface area (TPSA) is 59.3 Å². The van der Waals surface area contributed by atoms with E-state index in [1.807, 2.05) is 5.38 Å². The van der Waals surface area contributed by atoms with Gasteiger partial charge in [-0.15, -0.1) is 11.3 Å². The molecule has 0 aromatic carbocycles. The van der Waals surface area contributed by atoms with Crippen LogP contribution in [0.25, 0.3) is 4.96 Å². The van der Waals surface area contributed by atoms with Crippen molar-refractivity contribution in [2.45, 2.75) is 0 Å². The minimum atomic E-state index is -0.294. The van der Waals surface area contributed by atoms with Crippen molar-refractivity contribution < 1.29 is 4.79 Å². The second kappa shape index (κ2) is 4.40. The summed E-state index contributed by atoms with van der Waals surface area (Å²) >= 11 is 7.40. The van der Waals surface area contributed by atoms with E-state index in [1.165, 1.54) is 11.3 Å². The summed E-state index contributed by atoms with van der Waals surface area (Å²) in [5, 5.41) is 4.80. The first-order valence-corrected chi connectivity index (χ1v) is 6.34. The predicted octanol–water partition coefficient (Wildman–Crippen LogP) is 2.70. The van der Waals surface area contributed by atoms with Crippen molar-refractivity contribution in [3.05, 3.63) is 47.0 Å². The molecular formula is C11H7ClN4OS. The molecule has 0 saturated carbocycles. The van der Waals surface area contributed by atoms with Crippen LogP contribution in [0.2, 0.25) is 5.15 Å². The standard InChI is InChI=1S/C11H7ClN4OS/c12-9-8(16-5-6-18-11(16)15-9)10(17)14-7-1-3-13-4-2-7/h1-6H,(H,13,14,17). The Balaban J connectivity index is 1.97. The van der Waals surface area contributed by atoms with Gasteiger partial charge in [-0.2, -0.15) is 0 Å². The van der Waals surface area contributed by atoms with Gasteiger partial charge in [-0.05, 0) is 12.1 Å².